The molecule has 0 aliphatic rings. The number of hydrogen-bond acceptors (Lipinski definition) is 6. The van der Waals surface area contributed by atoms with Crippen molar-refractivity contribution in [3.8, 4) is 5.88 Å². The zero-order valence-corrected chi connectivity index (χ0v) is 10.6. The monoisotopic (exact) mass is 303 g/mol. The summed E-state index contributed by atoms with van der Waals surface area (Å²) in [5, 5.41) is 4.81. The molecule has 2 N–H and O–H groups in total. The van der Waals surface area contributed by atoms with E-state index in [4.69, 9.17) is 5.14 Å². The van der Waals surface area contributed by atoms with Gasteiger partial charge in [0.05, 0.1) is 0 Å². The number of hydrogen-bond donors (Lipinski definition) is 1. The number of aromatic nitrogens is 2. The maximum Gasteiger partial charge on any atom is 0.422 e. The second-order valence-electron chi connectivity index (χ2n) is 2.97. The van der Waals surface area contributed by atoms with E-state index in [1.807, 2.05) is 0 Å². The quantitative estimate of drug-likeness (QED) is 0.652. The summed E-state index contributed by atoms with van der Waals surface area (Å²) in [5.41, 5.74) is 0. The molecule has 0 amide bonds. The lowest BCUT2D eigenvalue weighted by molar-refractivity contribution is -0.154. The highest BCUT2D eigenvalue weighted by Crippen LogP contribution is 2.29. The predicted octanol–water partition coefficient (Wildman–Crippen LogP) is 0.787. The summed E-state index contributed by atoms with van der Waals surface area (Å²) in [4.78, 5) is 6.30. The van der Waals surface area contributed by atoms with Crippen LogP contribution < -0.4 is 9.88 Å². The van der Waals surface area contributed by atoms with Crippen LogP contribution in [0.4, 0.5) is 13.2 Å². The number of nitrogens with zero attached hydrogens (tertiary/aromatic N) is 2. The molecule has 0 saturated carbocycles. The minimum atomic E-state index is -4.61. The molecule has 18 heavy (non-hydrogen) atoms. The lowest BCUT2D eigenvalue weighted by atomic mass is 10.6. The van der Waals surface area contributed by atoms with Crippen LogP contribution in [-0.2, 0) is 10.0 Å². The molecule has 0 fully saturated rings. The third-order valence-electron chi connectivity index (χ3n) is 1.59. The summed E-state index contributed by atoms with van der Waals surface area (Å²) in [7, 11) is -4.28. The Morgan fingerprint density at radius 2 is 2.06 bits per heavy atom. The largest absolute Gasteiger partial charge is 0.467 e. The van der Waals surface area contributed by atoms with E-state index in [-0.39, 0.29) is 5.03 Å². The van der Waals surface area contributed by atoms with Crippen LogP contribution >= 0.6 is 11.8 Å². The highest BCUT2D eigenvalue weighted by atomic mass is 32.2. The smallest absolute Gasteiger partial charge is 0.422 e. The van der Waals surface area contributed by atoms with E-state index in [0.717, 1.165) is 18.1 Å². The Hall–Kier alpha value is -1.07. The van der Waals surface area contributed by atoms with Crippen molar-refractivity contribution in [3.63, 3.8) is 0 Å². The van der Waals surface area contributed by atoms with Crippen molar-refractivity contribution in [2.24, 2.45) is 5.14 Å². The van der Waals surface area contributed by atoms with Crippen LogP contribution in [0.1, 0.15) is 0 Å². The molecule has 0 bridgehead atoms. The van der Waals surface area contributed by atoms with Crippen molar-refractivity contribution in [2.75, 3.05) is 12.9 Å². The van der Waals surface area contributed by atoms with Crippen molar-refractivity contribution in [1.29, 1.82) is 0 Å². The molecule has 11 heteroatoms. The minimum absolute atomic E-state index is 0.0790. The van der Waals surface area contributed by atoms with Crippen molar-refractivity contribution < 1.29 is 26.3 Å². The molecule has 1 aromatic heterocycles. The van der Waals surface area contributed by atoms with Crippen LogP contribution in [0.3, 0.4) is 0 Å². The van der Waals surface area contributed by atoms with Gasteiger partial charge in [0.2, 0.25) is 15.9 Å². The summed E-state index contributed by atoms with van der Waals surface area (Å²) in [5.74, 6) is -0.714. The normalized spacial score (nSPS) is 12.5. The first-order chi connectivity index (χ1) is 8.15. The molecule has 0 atom stereocenters. The van der Waals surface area contributed by atoms with Crippen LogP contribution in [0.15, 0.2) is 16.2 Å². The Kier molecular flexibility index (Phi) is 4.40. The van der Waals surface area contributed by atoms with Crippen LogP contribution in [0, 0.1) is 0 Å². The zero-order chi connectivity index (χ0) is 14.0. The van der Waals surface area contributed by atoms with Gasteiger partial charge < -0.3 is 4.74 Å². The summed E-state index contributed by atoms with van der Waals surface area (Å²) >= 11 is 0.898. The van der Waals surface area contributed by atoms with Crippen LogP contribution in [-0.4, -0.2) is 37.4 Å². The molecule has 6 nitrogen and oxygen atoms in total. The lowest BCUT2D eigenvalue weighted by Crippen LogP contribution is -2.22. The van der Waals surface area contributed by atoms with Gasteiger partial charge in [0.25, 0.3) is 0 Å². The molecule has 0 aliphatic carbocycles. The van der Waals surface area contributed by atoms with Crippen LogP contribution in [0.25, 0.3) is 0 Å². The van der Waals surface area contributed by atoms with Crippen molar-refractivity contribution >= 4 is 21.8 Å². The number of alkyl halides is 3. The maximum absolute atomic E-state index is 12.0. The molecule has 1 rings (SSSR count). The Balaban J connectivity index is 3.20. The van der Waals surface area contributed by atoms with Gasteiger partial charge >= 0.3 is 6.18 Å². The number of sulfonamides is 1. The molecule has 0 spiro atoms. The molecular formula is C7H8F3N3O3S2. The molecule has 0 unspecified atom stereocenters. The highest BCUT2D eigenvalue weighted by Gasteiger charge is 2.31. The first kappa shape index (κ1) is 15.0. The van der Waals surface area contributed by atoms with E-state index in [1.54, 1.807) is 0 Å². The fraction of sp³-hybridized carbons (Fsp3) is 0.429. The third kappa shape index (κ3) is 3.99. The molecule has 0 aromatic carbocycles. The third-order valence-corrected chi connectivity index (χ3v) is 3.35. The topological polar surface area (TPSA) is 95.2 Å². The van der Waals surface area contributed by atoms with Gasteiger partial charge in [-0.05, 0) is 6.26 Å². The number of halogens is 3. The fourth-order valence-corrected chi connectivity index (χ4v) is 2.66. The highest BCUT2D eigenvalue weighted by molar-refractivity contribution is 7.99. The molecule has 0 aliphatic heterocycles. The summed E-state index contributed by atoms with van der Waals surface area (Å²) < 4.78 is 62.9. The number of thioether (sulfide) groups is 1. The van der Waals surface area contributed by atoms with Crippen molar-refractivity contribution in [3.05, 3.63) is 6.33 Å². The first-order valence-corrected chi connectivity index (χ1v) is 7.03. The summed E-state index contributed by atoms with van der Waals surface area (Å²) in [6.45, 7) is -1.67. The first-order valence-electron chi connectivity index (χ1n) is 4.26. The molecule has 1 heterocycles. The van der Waals surface area contributed by atoms with Crippen molar-refractivity contribution in [1.82, 2.24) is 9.97 Å². The molecule has 1 aromatic rings. The van der Waals surface area contributed by atoms with Gasteiger partial charge in [0.1, 0.15) is 11.4 Å². The number of primary sulfonamides is 1. The molecule has 0 saturated heterocycles. The predicted molar refractivity (Wildman–Crippen MR) is 56.7 cm³/mol. The van der Waals surface area contributed by atoms with E-state index in [1.165, 1.54) is 6.26 Å². The van der Waals surface area contributed by atoms with E-state index >= 15 is 0 Å². The maximum atomic E-state index is 12.0. The second kappa shape index (κ2) is 5.28. The van der Waals surface area contributed by atoms with Gasteiger partial charge in [-0.2, -0.15) is 13.2 Å². The van der Waals surface area contributed by atoms with E-state index in [9.17, 15) is 21.6 Å². The Morgan fingerprint density at radius 3 is 2.50 bits per heavy atom. The lowest BCUT2D eigenvalue weighted by Gasteiger charge is -2.12. The van der Waals surface area contributed by atoms with E-state index in [0.29, 0.717) is 0 Å². The zero-order valence-electron chi connectivity index (χ0n) is 8.93. The van der Waals surface area contributed by atoms with E-state index < -0.39 is 33.6 Å². The molecule has 102 valence electrons. The van der Waals surface area contributed by atoms with Gasteiger partial charge in [-0.25, -0.2) is 23.5 Å². The Labute approximate surface area is 105 Å². The summed E-state index contributed by atoms with van der Waals surface area (Å²) in [6, 6.07) is 0. The fourth-order valence-electron chi connectivity index (χ4n) is 0.984. The van der Waals surface area contributed by atoms with Crippen LogP contribution in [0.5, 0.6) is 5.88 Å². The van der Waals surface area contributed by atoms with Gasteiger partial charge in [-0.1, -0.05) is 0 Å². The second-order valence-corrected chi connectivity index (χ2v) is 5.26. The summed E-state index contributed by atoms with van der Waals surface area (Å²) in [6.07, 6.45) is -2.23. The minimum Gasteiger partial charge on any atom is -0.467 e. The van der Waals surface area contributed by atoms with Crippen LogP contribution in [0.2, 0.25) is 0 Å². The van der Waals surface area contributed by atoms with Gasteiger partial charge in [-0.15, -0.1) is 11.8 Å². The van der Waals surface area contributed by atoms with Gasteiger partial charge in [0, 0.05) is 0 Å². The average molecular weight is 303 g/mol. The number of ether oxygens (including phenoxy) is 1. The van der Waals surface area contributed by atoms with E-state index in [2.05, 4.69) is 14.7 Å². The molecule has 0 radical (unpaired) electrons. The molecular weight excluding hydrogens is 295 g/mol. The standard InChI is InChI=1S/C7H8F3N3O3S2/c1-17-6-4(18(11,14)15)5(12-3-13-6)16-2-7(8,9)10/h3H,2H2,1H3,(H2,11,14,15). The average Bonchev–Trinajstić information content (AvgIpc) is 2.23. The van der Waals surface area contributed by atoms with Crippen molar-refractivity contribution in [2.45, 2.75) is 16.1 Å². The Morgan fingerprint density at radius 1 is 1.44 bits per heavy atom. The number of nitrogens with two attached hydrogens (primary N) is 1. The SMILES string of the molecule is CSc1ncnc(OCC(F)(F)F)c1S(N)(=O)=O. The number of rotatable bonds is 4. The Bertz CT molecular complexity index is 532. The van der Waals surface area contributed by atoms with Gasteiger partial charge in [0.15, 0.2) is 11.5 Å². The van der Waals surface area contributed by atoms with Gasteiger partial charge in [-0.3, -0.25) is 0 Å².